The molecule has 1 aliphatic rings. The van der Waals surface area contributed by atoms with E-state index >= 15 is 0 Å². The van der Waals surface area contributed by atoms with E-state index in [0.29, 0.717) is 14.9 Å². The van der Waals surface area contributed by atoms with Crippen molar-refractivity contribution in [3.05, 3.63) is 75.8 Å². The average Bonchev–Trinajstić information content (AvgIpc) is 2.90. The molecule has 3 rings (SSSR count). The van der Waals surface area contributed by atoms with Crippen LogP contribution >= 0.6 is 43.8 Å². The van der Waals surface area contributed by atoms with E-state index in [4.69, 9.17) is 26.9 Å². The Morgan fingerprint density at radius 3 is 1.83 bits per heavy atom. The lowest BCUT2D eigenvalue weighted by Crippen LogP contribution is -2.60. The third-order valence-corrected chi connectivity index (χ3v) is 7.97. The van der Waals surface area contributed by atoms with Gasteiger partial charge in [0.1, 0.15) is 3.74 Å². The van der Waals surface area contributed by atoms with Gasteiger partial charge in [0.25, 0.3) is 0 Å². The largest absolute Gasteiger partial charge is 0.182 e. The molecule has 0 N–H and O–H groups in total. The molecule has 9 heteroatoms. The van der Waals surface area contributed by atoms with Crippen molar-refractivity contribution in [2.24, 2.45) is 0 Å². The topological polar surface area (TPSA) is 78.4 Å². The third-order valence-electron chi connectivity index (χ3n) is 3.00. The fraction of sp³-hybridized carbons (Fsp3) is 0. The third kappa shape index (κ3) is 4.54. The lowest BCUT2D eigenvalue weighted by atomic mass is 10.1. The van der Waals surface area contributed by atoms with E-state index in [0.717, 1.165) is 16.0 Å². The molecule has 2 aromatic rings. The summed E-state index contributed by atoms with van der Waals surface area (Å²) < 4.78 is 37.8. The summed E-state index contributed by atoms with van der Waals surface area (Å²) in [5.74, 6) is 0. The number of allylic oxidation sites excluding steroid dienone is 1. The van der Waals surface area contributed by atoms with Crippen LogP contribution < -0.4 is 14.0 Å². The van der Waals surface area contributed by atoms with Crippen LogP contribution in [0.4, 0.5) is 0 Å². The molecule has 4 nitrogen and oxygen atoms in total. The minimum absolute atomic E-state index is 0.558. The van der Waals surface area contributed by atoms with Crippen LogP contribution in [0.1, 0.15) is 11.1 Å². The number of benzene rings is 2. The summed E-state index contributed by atoms with van der Waals surface area (Å²) in [6.07, 6.45) is 1.81. The first kappa shape index (κ1) is 18.3. The van der Waals surface area contributed by atoms with E-state index in [1.54, 1.807) is 42.5 Å². The summed E-state index contributed by atoms with van der Waals surface area (Å²) in [6.45, 7) is 0. The van der Waals surface area contributed by atoms with Crippen LogP contribution in [0.3, 0.4) is 0 Å². The van der Waals surface area contributed by atoms with Gasteiger partial charge in [-0.3, -0.25) is 0 Å². The van der Waals surface area contributed by atoms with Gasteiger partial charge in [0.05, 0.1) is 15.1 Å². The Morgan fingerprint density at radius 2 is 1.33 bits per heavy atom. The molecule has 0 spiro atoms. The molecular formula is C15H9Cl3O4S2. The highest BCUT2D eigenvalue weighted by Crippen LogP contribution is 2.51. The maximum atomic E-state index is 11.0. The van der Waals surface area contributed by atoms with E-state index in [2.05, 4.69) is 0 Å². The zero-order chi connectivity index (χ0) is 17.3. The molecule has 24 heavy (non-hydrogen) atoms. The van der Waals surface area contributed by atoms with Gasteiger partial charge in [-0.05, 0) is 52.3 Å². The molecule has 0 aromatic heterocycles. The van der Waals surface area contributed by atoms with Crippen LogP contribution in [0, 0.1) is 10.2 Å². The van der Waals surface area contributed by atoms with Crippen molar-refractivity contribution in [1.82, 2.24) is 0 Å². The molecule has 126 valence electrons. The molecular weight excluding hydrogens is 415 g/mol. The number of rotatable bonds is 4. The predicted molar refractivity (Wildman–Crippen MR) is 91.3 cm³/mol. The molecule has 1 heterocycles. The predicted octanol–water partition coefficient (Wildman–Crippen LogP) is 2.31. The van der Waals surface area contributed by atoms with Gasteiger partial charge < -0.3 is 0 Å². The summed E-state index contributed by atoms with van der Waals surface area (Å²) in [7, 11) is -4.64. The molecule has 0 saturated heterocycles. The van der Waals surface area contributed by atoms with Gasteiger partial charge in [-0.25, -0.2) is 0 Å². The average molecular weight is 424 g/mol. The van der Waals surface area contributed by atoms with Crippen molar-refractivity contribution in [1.29, 1.82) is 0 Å². The molecule has 0 amide bonds. The molecule has 0 saturated carbocycles. The van der Waals surface area contributed by atoms with Crippen molar-refractivity contribution < 1.29 is 28.0 Å². The van der Waals surface area contributed by atoms with Crippen LogP contribution in [0.5, 0.6) is 0 Å². The monoisotopic (exact) mass is 422 g/mol. The Kier molecular flexibility index (Phi) is 5.61. The highest BCUT2D eigenvalue weighted by Gasteiger charge is 2.31. The van der Waals surface area contributed by atoms with Gasteiger partial charge >= 0.3 is 0 Å². The summed E-state index contributed by atoms with van der Waals surface area (Å²) in [5, 5.41) is 1.16. The molecule has 1 unspecified atom stereocenters. The molecule has 0 bridgehead atoms. The van der Waals surface area contributed by atoms with Crippen molar-refractivity contribution in [2.75, 3.05) is 0 Å². The fourth-order valence-corrected chi connectivity index (χ4v) is 6.85. The lowest BCUT2D eigenvalue weighted by Gasteiger charge is -2.13. The summed E-state index contributed by atoms with van der Waals surface area (Å²) in [5.41, 5.74) is 1.59. The van der Waals surface area contributed by atoms with Gasteiger partial charge in [-0.1, -0.05) is 47.5 Å². The van der Waals surface area contributed by atoms with Crippen LogP contribution in [0.2, 0.25) is 10.0 Å². The van der Waals surface area contributed by atoms with Crippen LogP contribution in [-0.4, -0.2) is 4.86 Å². The Morgan fingerprint density at radius 1 is 0.833 bits per heavy atom. The van der Waals surface area contributed by atoms with Gasteiger partial charge in [-0.2, -0.15) is 14.0 Å². The zero-order valence-corrected chi connectivity index (χ0v) is 15.7. The number of halogens is 3. The van der Waals surface area contributed by atoms with E-state index in [-0.39, 0.29) is 0 Å². The summed E-state index contributed by atoms with van der Waals surface area (Å²) in [6, 6.07) is 14.0. The van der Waals surface area contributed by atoms with Crippen molar-refractivity contribution >= 4 is 53.6 Å². The number of hydrogen-bond donors (Lipinski definition) is 0. The summed E-state index contributed by atoms with van der Waals surface area (Å²) in [4.78, 5) is 1.40. The van der Waals surface area contributed by atoms with E-state index in [1.165, 1.54) is 10.8 Å². The second-order valence-corrected chi connectivity index (χ2v) is 9.70. The van der Waals surface area contributed by atoms with Gasteiger partial charge in [-0.15, -0.1) is 0 Å². The standard InChI is InChI=1S/C15H9Cl3O4S2/c16-12-5-1-10(2-6-12)14-9-15(11-3-7-13(17)8-4-11)24(23-14)22-18(19,20)21/h1-9H. The normalized spacial score (nSPS) is 18.0. The molecule has 2 aromatic carbocycles. The maximum Gasteiger partial charge on any atom is 0.180 e. The molecule has 0 fully saturated rings. The van der Waals surface area contributed by atoms with Crippen molar-refractivity contribution in [3.8, 4) is 0 Å². The minimum Gasteiger partial charge on any atom is -0.182 e. The highest BCUT2D eigenvalue weighted by molar-refractivity contribution is 8.85. The Labute approximate surface area is 156 Å². The first-order valence-corrected chi connectivity index (χ1v) is 10.9. The highest BCUT2D eigenvalue weighted by atomic mass is 35.7. The SMILES string of the molecule is [O-][Cl+3]([O-])([O-])OS1=C(c2ccc(Cl)cc2)C=C(c2ccc(Cl)cc2)S1. The van der Waals surface area contributed by atoms with Crippen molar-refractivity contribution in [3.63, 3.8) is 0 Å². The zero-order valence-electron chi connectivity index (χ0n) is 11.8. The maximum absolute atomic E-state index is 11.0. The molecule has 0 radical (unpaired) electrons. The van der Waals surface area contributed by atoms with Crippen LogP contribution in [-0.2, 0) is 3.74 Å². The van der Waals surface area contributed by atoms with Crippen molar-refractivity contribution in [2.45, 2.75) is 0 Å². The fourth-order valence-electron chi connectivity index (χ4n) is 1.97. The van der Waals surface area contributed by atoms with E-state index in [9.17, 15) is 14.0 Å². The number of hydrogen-bond acceptors (Lipinski definition) is 5. The molecule has 0 aliphatic carbocycles. The first-order chi connectivity index (χ1) is 11.3. The van der Waals surface area contributed by atoms with Crippen LogP contribution in [0.25, 0.3) is 4.91 Å². The smallest absolute Gasteiger partial charge is 0.180 e. The van der Waals surface area contributed by atoms with Gasteiger partial charge in [0, 0.05) is 15.0 Å². The first-order valence-electron chi connectivity index (χ1n) is 6.46. The van der Waals surface area contributed by atoms with Crippen LogP contribution in [0.15, 0.2) is 54.6 Å². The quantitative estimate of drug-likeness (QED) is 0.557. The second kappa shape index (κ2) is 7.37. The lowest BCUT2D eigenvalue weighted by molar-refractivity contribution is -1.91. The Balaban J connectivity index is 1.99. The van der Waals surface area contributed by atoms with Gasteiger partial charge in [0.2, 0.25) is 0 Å². The molecule has 1 aliphatic heterocycles. The molecule has 1 atom stereocenters. The minimum atomic E-state index is -4.54. The Hall–Kier alpha value is -0.540. The second-order valence-electron chi connectivity index (χ2n) is 4.65. The Bertz CT molecular complexity index is 812. The van der Waals surface area contributed by atoms with E-state index < -0.39 is 20.0 Å². The van der Waals surface area contributed by atoms with Gasteiger partial charge in [0.15, 0.2) is 9.80 Å². The van der Waals surface area contributed by atoms with E-state index in [1.807, 2.05) is 12.1 Å². The summed E-state index contributed by atoms with van der Waals surface area (Å²) >= 11 is 11.8.